The Balaban J connectivity index is 3.38. The smallest absolute Gasteiger partial charge is 0.196 e. The Morgan fingerprint density at radius 2 is 1.94 bits per heavy atom. The molecule has 1 rings (SSSR count). The lowest BCUT2D eigenvalue weighted by Crippen LogP contribution is -2.30. The first-order valence-corrected chi connectivity index (χ1v) is 6.55. The molecule has 92 valence electrons. The molecule has 0 atom stereocenters. The van der Waals surface area contributed by atoms with Crippen molar-refractivity contribution >= 4 is 9.84 Å². The van der Waals surface area contributed by atoms with Crippen LogP contribution in [-0.4, -0.2) is 20.3 Å². The largest absolute Gasteiger partial charge is 0.496 e. The fourth-order valence-corrected chi connectivity index (χ4v) is 2.66. The summed E-state index contributed by atoms with van der Waals surface area (Å²) >= 11 is 0. The van der Waals surface area contributed by atoms with Crippen molar-refractivity contribution in [2.45, 2.75) is 30.4 Å². The van der Waals surface area contributed by atoms with E-state index in [-0.39, 0.29) is 4.90 Å². The molecule has 0 heterocycles. The Bertz CT molecular complexity index is 568. The molecule has 0 aromatic heterocycles. The predicted molar refractivity (Wildman–Crippen MR) is 64.6 cm³/mol. The summed E-state index contributed by atoms with van der Waals surface area (Å²) < 4.78 is 28.0. The maximum Gasteiger partial charge on any atom is 0.196 e. The van der Waals surface area contributed by atoms with Gasteiger partial charge < -0.3 is 4.74 Å². The van der Waals surface area contributed by atoms with Gasteiger partial charge in [0.2, 0.25) is 0 Å². The Morgan fingerprint density at radius 3 is 2.35 bits per heavy atom. The molecule has 1 aromatic carbocycles. The van der Waals surface area contributed by atoms with E-state index in [0.717, 1.165) is 5.56 Å². The van der Waals surface area contributed by atoms with Gasteiger partial charge in [0.25, 0.3) is 0 Å². The van der Waals surface area contributed by atoms with Gasteiger partial charge in [-0.3, -0.25) is 0 Å². The highest BCUT2D eigenvalue weighted by molar-refractivity contribution is 7.93. The SMILES string of the molecule is COc1ccc(S(=O)(=O)C(C)(C)C#N)cc1C. The van der Waals surface area contributed by atoms with Crippen LogP contribution in [0.2, 0.25) is 0 Å². The molecule has 0 N–H and O–H groups in total. The number of aryl methyl sites for hydroxylation is 1. The summed E-state index contributed by atoms with van der Waals surface area (Å²) in [6, 6.07) is 6.38. The summed E-state index contributed by atoms with van der Waals surface area (Å²) in [7, 11) is -2.13. The predicted octanol–water partition coefficient (Wildman–Crippen LogP) is 2.08. The second kappa shape index (κ2) is 4.38. The molecule has 4 nitrogen and oxygen atoms in total. The minimum atomic E-state index is -3.65. The van der Waals surface area contributed by atoms with Crippen molar-refractivity contribution in [2.75, 3.05) is 7.11 Å². The van der Waals surface area contributed by atoms with Crippen LogP contribution < -0.4 is 4.74 Å². The fourth-order valence-electron chi connectivity index (χ4n) is 1.37. The van der Waals surface area contributed by atoms with Crippen molar-refractivity contribution in [1.82, 2.24) is 0 Å². The molecule has 0 aliphatic rings. The van der Waals surface area contributed by atoms with Crippen LogP contribution >= 0.6 is 0 Å². The number of nitrogens with zero attached hydrogens (tertiary/aromatic N) is 1. The van der Waals surface area contributed by atoms with Crippen molar-refractivity contribution in [3.05, 3.63) is 23.8 Å². The highest BCUT2D eigenvalue weighted by Crippen LogP contribution is 2.28. The molecule has 0 saturated carbocycles. The maximum atomic E-state index is 12.2. The first-order valence-electron chi connectivity index (χ1n) is 5.07. The van der Waals surface area contributed by atoms with Gasteiger partial charge in [0, 0.05) is 0 Å². The minimum absolute atomic E-state index is 0.141. The van der Waals surface area contributed by atoms with Crippen molar-refractivity contribution < 1.29 is 13.2 Å². The number of hydrogen-bond donors (Lipinski definition) is 0. The lowest BCUT2D eigenvalue weighted by molar-refractivity contribution is 0.411. The summed E-state index contributed by atoms with van der Waals surface area (Å²) in [5.74, 6) is 0.624. The van der Waals surface area contributed by atoms with E-state index in [0.29, 0.717) is 5.75 Å². The quantitative estimate of drug-likeness (QED) is 0.827. The average Bonchev–Trinajstić information content (AvgIpc) is 2.28. The van der Waals surface area contributed by atoms with E-state index in [1.807, 2.05) is 6.07 Å². The van der Waals surface area contributed by atoms with Crippen molar-refractivity contribution in [3.8, 4) is 11.8 Å². The molecule has 0 unspecified atom stereocenters. The molecule has 0 aliphatic carbocycles. The highest BCUT2D eigenvalue weighted by atomic mass is 32.2. The van der Waals surface area contributed by atoms with Crippen LogP contribution in [0.3, 0.4) is 0 Å². The molecule has 0 fully saturated rings. The van der Waals surface area contributed by atoms with Crippen molar-refractivity contribution in [2.24, 2.45) is 0 Å². The second-order valence-corrected chi connectivity index (χ2v) is 6.76. The number of hydrogen-bond acceptors (Lipinski definition) is 4. The molecule has 0 radical (unpaired) electrons. The Labute approximate surface area is 102 Å². The number of benzene rings is 1. The van der Waals surface area contributed by atoms with Gasteiger partial charge in [-0.15, -0.1) is 0 Å². The molecule has 5 heteroatoms. The first kappa shape index (κ1) is 13.5. The second-order valence-electron chi connectivity index (χ2n) is 4.26. The lowest BCUT2D eigenvalue weighted by atomic mass is 10.2. The zero-order chi connectivity index (χ0) is 13.3. The van der Waals surface area contributed by atoms with Gasteiger partial charge in [0.1, 0.15) is 5.75 Å². The topological polar surface area (TPSA) is 67.2 Å². The van der Waals surface area contributed by atoms with Gasteiger partial charge in [-0.1, -0.05) is 0 Å². The average molecular weight is 253 g/mol. The van der Waals surface area contributed by atoms with E-state index in [4.69, 9.17) is 10.00 Å². The molecule has 0 amide bonds. The van der Waals surface area contributed by atoms with Gasteiger partial charge in [0.05, 0.1) is 18.1 Å². The van der Waals surface area contributed by atoms with Crippen LogP contribution in [0, 0.1) is 18.3 Å². The molecule has 0 saturated heterocycles. The molecular weight excluding hydrogens is 238 g/mol. The van der Waals surface area contributed by atoms with Crippen LogP contribution in [0.5, 0.6) is 5.75 Å². The molecule has 0 aliphatic heterocycles. The number of methoxy groups -OCH3 is 1. The summed E-state index contributed by atoms with van der Waals surface area (Å²) in [4.78, 5) is 0.141. The van der Waals surface area contributed by atoms with Crippen LogP contribution in [0.15, 0.2) is 23.1 Å². The summed E-state index contributed by atoms with van der Waals surface area (Å²) in [6.07, 6.45) is 0. The Kier molecular flexibility index (Phi) is 3.48. The molecular formula is C12H15NO3S. The summed E-state index contributed by atoms with van der Waals surface area (Å²) in [5.41, 5.74) is 0.724. The number of sulfone groups is 1. The van der Waals surface area contributed by atoms with Crippen molar-refractivity contribution in [3.63, 3.8) is 0 Å². The van der Waals surface area contributed by atoms with E-state index >= 15 is 0 Å². The Morgan fingerprint density at radius 1 is 1.35 bits per heavy atom. The zero-order valence-electron chi connectivity index (χ0n) is 10.3. The summed E-state index contributed by atoms with van der Waals surface area (Å²) in [6.45, 7) is 4.54. The third-order valence-corrected chi connectivity index (χ3v) is 4.93. The van der Waals surface area contributed by atoms with E-state index in [9.17, 15) is 8.42 Å². The normalized spacial score (nSPS) is 11.9. The minimum Gasteiger partial charge on any atom is -0.496 e. The van der Waals surface area contributed by atoms with E-state index in [1.54, 1.807) is 13.0 Å². The maximum absolute atomic E-state index is 12.2. The van der Waals surface area contributed by atoms with E-state index in [1.165, 1.54) is 33.1 Å². The third-order valence-electron chi connectivity index (χ3n) is 2.62. The molecule has 1 aromatic rings. The molecule has 17 heavy (non-hydrogen) atoms. The zero-order valence-corrected chi connectivity index (χ0v) is 11.1. The molecule has 0 spiro atoms. The van der Waals surface area contributed by atoms with E-state index in [2.05, 4.69) is 0 Å². The fraction of sp³-hybridized carbons (Fsp3) is 0.417. The van der Waals surface area contributed by atoms with Gasteiger partial charge in [-0.05, 0) is 44.5 Å². The number of nitriles is 1. The van der Waals surface area contributed by atoms with Crippen LogP contribution in [0.25, 0.3) is 0 Å². The van der Waals surface area contributed by atoms with Crippen LogP contribution in [-0.2, 0) is 9.84 Å². The lowest BCUT2D eigenvalue weighted by Gasteiger charge is -2.17. The van der Waals surface area contributed by atoms with Gasteiger partial charge in [-0.2, -0.15) is 5.26 Å². The first-order chi connectivity index (χ1) is 7.76. The van der Waals surface area contributed by atoms with Crippen LogP contribution in [0.1, 0.15) is 19.4 Å². The Hall–Kier alpha value is -1.54. The monoisotopic (exact) mass is 253 g/mol. The van der Waals surface area contributed by atoms with Crippen LogP contribution in [0.4, 0.5) is 0 Å². The third kappa shape index (κ3) is 2.27. The van der Waals surface area contributed by atoms with Gasteiger partial charge >= 0.3 is 0 Å². The van der Waals surface area contributed by atoms with Gasteiger partial charge in [0.15, 0.2) is 14.6 Å². The van der Waals surface area contributed by atoms with Gasteiger partial charge in [-0.25, -0.2) is 8.42 Å². The standard InChI is InChI=1S/C12H15NO3S/c1-9-7-10(5-6-11(9)16-4)17(14,15)12(2,3)8-13/h5-7H,1-4H3. The number of ether oxygens (including phenoxy) is 1. The van der Waals surface area contributed by atoms with Crippen molar-refractivity contribution in [1.29, 1.82) is 5.26 Å². The molecule has 0 bridgehead atoms. The highest BCUT2D eigenvalue weighted by Gasteiger charge is 2.36. The number of rotatable bonds is 3. The summed E-state index contributed by atoms with van der Waals surface area (Å²) in [5, 5.41) is 8.91. The van der Waals surface area contributed by atoms with E-state index < -0.39 is 14.6 Å².